The van der Waals surface area contributed by atoms with Crippen molar-refractivity contribution in [1.29, 1.82) is 0 Å². The fraction of sp³-hybridized carbons (Fsp3) is 0.200. The molecule has 7 nitrogen and oxygen atoms in total. The molecule has 3 rings (SSSR count). The highest BCUT2D eigenvalue weighted by Crippen LogP contribution is 2.33. The Morgan fingerprint density at radius 3 is 2.70 bits per heavy atom. The van der Waals surface area contributed by atoms with Crippen LogP contribution < -0.4 is 5.32 Å². The van der Waals surface area contributed by atoms with Gasteiger partial charge in [0.2, 0.25) is 5.91 Å². The first-order chi connectivity index (χ1) is 14.3. The van der Waals surface area contributed by atoms with Crippen molar-refractivity contribution in [2.24, 2.45) is 0 Å². The van der Waals surface area contributed by atoms with Crippen molar-refractivity contribution >= 4 is 69.5 Å². The lowest BCUT2D eigenvalue weighted by molar-refractivity contribution is -0.127. The lowest BCUT2D eigenvalue weighted by atomic mass is 10.2. The summed E-state index contributed by atoms with van der Waals surface area (Å²) in [6.45, 7) is 3.32. The van der Waals surface area contributed by atoms with Gasteiger partial charge in [-0.05, 0) is 66.9 Å². The number of hydrogen-bond acceptors (Lipinski definition) is 7. The standard InChI is InChI=1S/C20H17ClN2O5S2/c1-3-28-19(26)13-8-12(4-5-14(13)21)22-17(24)10-23-18(25)16(30-20(23)27)9-15-11(2)6-7-29-15/h4-9H,3,10H2,1-2H3,(H,22,24). The molecule has 2 aromatic rings. The first-order valence-corrected chi connectivity index (χ1v) is 10.9. The summed E-state index contributed by atoms with van der Waals surface area (Å²) >= 11 is 8.27. The number of aryl methyl sites for hydroxylation is 1. The van der Waals surface area contributed by atoms with Gasteiger partial charge in [-0.25, -0.2) is 4.79 Å². The normalized spacial score (nSPS) is 15.0. The van der Waals surface area contributed by atoms with Crippen molar-refractivity contribution < 1.29 is 23.9 Å². The van der Waals surface area contributed by atoms with Crippen molar-refractivity contribution in [2.45, 2.75) is 13.8 Å². The topological polar surface area (TPSA) is 92.8 Å². The molecule has 0 radical (unpaired) electrons. The number of nitrogens with zero attached hydrogens (tertiary/aromatic N) is 1. The van der Waals surface area contributed by atoms with Crippen LogP contribution in [0.25, 0.3) is 6.08 Å². The quantitative estimate of drug-likeness (QED) is 0.497. The predicted molar refractivity (Wildman–Crippen MR) is 118 cm³/mol. The molecule has 0 spiro atoms. The van der Waals surface area contributed by atoms with E-state index in [1.54, 1.807) is 13.0 Å². The molecule has 1 aromatic heterocycles. The second kappa shape index (κ2) is 9.46. The molecule has 0 saturated carbocycles. The Hall–Kier alpha value is -2.62. The number of thiophene rings is 1. The van der Waals surface area contributed by atoms with Gasteiger partial charge in [-0.1, -0.05) is 11.6 Å². The van der Waals surface area contributed by atoms with Crippen LogP contribution in [0.15, 0.2) is 34.6 Å². The van der Waals surface area contributed by atoms with E-state index >= 15 is 0 Å². The summed E-state index contributed by atoms with van der Waals surface area (Å²) in [7, 11) is 0. The molecule has 156 valence electrons. The maximum atomic E-state index is 12.6. The molecular formula is C20H17ClN2O5S2. The maximum absolute atomic E-state index is 12.6. The van der Waals surface area contributed by atoms with E-state index in [2.05, 4.69) is 5.32 Å². The number of esters is 1. The summed E-state index contributed by atoms with van der Waals surface area (Å²) in [5, 5.41) is 4.14. The van der Waals surface area contributed by atoms with Gasteiger partial charge in [-0.3, -0.25) is 19.3 Å². The molecule has 2 heterocycles. The van der Waals surface area contributed by atoms with E-state index in [9.17, 15) is 19.2 Å². The summed E-state index contributed by atoms with van der Waals surface area (Å²) < 4.78 is 4.93. The van der Waals surface area contributed by atoms with E-state index in [0.717, 1.165) is 27.1 Å². The minimum absolute atomic E-state index is 0.108. The van der Waals surface area contributed by atoms with E-state index in [1.807, 2.05) is 18.4 Å². The van der Waals surface area contributed by atoms with Crippen LogP contribution in [0.1, 0.15) is 27.7 Å². The number of benzene rings is 1. The number of imide groups is 1. The van der Waals surface area contributed by atoms with E-state index in [1.165, 1.54) is 29.5 Å². The fourth-order valence-electron chi connectivity index (χ4n) is 2.60. The molecular weight excluding hydrogens is 448 g/mol. The van der Waals surface area contributed by atoms with Crippen molar-refractivity contribution in [1.82, 2.24) is 4.90 Å². The highest BCUT2D eigenvalue weighted by molar-refractivity contribution is 8.18. The minimum atomic E-state index is -0.612. The smallest absolute Gasteiger partial charge is 0.339 e. The number of rotatable bonds is 6. The number of carbonyl (C=O) groups excluding carboxylic acids is 4. The van der Waals surface area contributed by atoms with Crippen LogP contribution in [0.3, 0.4) is 0 Å². The highest BCUT2D eigenvalue weighted by Gasteiger charge is 2.36. The Morgan fingerprint density at radius 1 is 1.27 bits per heavy atom. The van der Waals surface area contributed by atoms with Gasteiger partial charge in [0, 0.05) is 10.6 Å². The van der Waals surface area contributed by atoms with Crippen molar-refractivity contribution in [3.63, 3.8) is 0 Å². The Bertz CT molecular complexity index is 1060. The third kappa shape index (κ3) is 4.92. The second-order valence-corrected chi connectivity index (χ2v) is 8.55. The summed E-state index contributed by atoms with van der Waals surface area (Å²) in [5.41, 5.74) is 1.41. The summed E-state index contributed by atoms with van der Waals surface area (Å²) in [6.07, 6.45) is 1.66. The minimum Gasteiger partial charge on any atom is -0.462 e. The van der Waals surface area contributed by atoms with Gasteiger partial charge in [-0.2, -0.15) is 0 Å². The Balaban J connectivity index is 1.69. The molecule has 3 amide bonds. The predicted octanol–water partition coefficient (Wildman–Crippen LogP) is 4.56. The highest BCUT2D eigenvalue weighted by atomic mass is 35.5. The number of thioether (sulfide) groups is 1. The zero-order valence-corrected chi connectivity index (χ0v) is 18.5. The van der Waals surface area contributed by atoms with Gasteiger partial charge >= 0.3 is 5.97 Å². The molecule has 0 bridgehead atoms. The van der Waals surface area contributed by atoms with Gasteiger partial charge in [0.05, 0.1) is 22.1 Å². The number of hydrogen-bond donors (Lipinski definition) is 1. The second-order valence-electron chi connectivity index (χ2n) is 6.20. The molecule has 10 heteroatoms. The monoisotopic (exact) mass is 464 g/mol. The Morgan fingerprint density at radius 2 is 2.03 bits per heavy atom. The average Bonchev–Trinajstić information content (AvgIpc) is 3.21. The van der Waals surface area contributed by atoms with Gasteiger partial charge in [-0.15, -0.1) is 11.3 Å². The molecule has 1 aliphatic heterocycles. The van der Waals surface area contributed by atoms with E-state index in [0.29, 0.717) is 5.69 Å². The lowest BCUT2D eigenvalue weighted by Crippen LogP contribution is -2.36. The number of nitrogens with one attached hydrogen (secondary N) is 1. The Kier molecular flexibility index (Phi) is 6.96. The van der Waals surface area contributed by atoms with Crippen molar-refractivity contribution in [3.05, 3.63) is 55.6 Å². The van der Waals surface area contributed by atoms with Crippen LogP contribution in [-0.2, 0) is 14.3 Å². The number of carbonyl (C=O) groups is 4. The molecule has 0 aliphatic carbocycles. The molecule has 1 fully saturated rings. The summed E-state index contributed by atoms with van der Waals surface area (Å²) in [6, 6.07) is 6.27. The fourth-order valence-corrected chi connectivity index (χ4v) is 4.55. The van der Waals surface area contributed by atoms with Crippen molar-refractivity contribution in [3.8, 4) is 0 Å². The van der Waals surface area contributed by atoms with E-state index < -0.39 is 29.6 Å². The first-order valence-electron chi connectivity index (χ1n) is 8.86. The number of amides is 3. The summed E-state index contributed by atoms with van der Waals surface area (Å²) in [5.74, 6) is -1.71. The SMILES string of the molecule is CCOC(=O)c1cc(NC(=O)CN2C(=O)SC(=Cc3sccc3C)C2=O)ccc1Cl. The largest absolute Gasteiger partial charge is 0.462 e. The molecule has 0 atom stereocenters. The zero-order valence-electron chi connectivity index (χ0n) is 16.1. The molecule has 1 aliphatic rings. The lowest BCUT2D eigenvalue weighted by Gasteiger charge is -2.13. The van der Waals surface area contributed by atoms with Crippen LogP contribution in [0.5, 0.6) is 0 Å². The van der Waals surface area contributed by atoms with E-state index in [-0.39, 0.29) is 22.1 Å². The van der Waals surface area contributed by atoms with Crippen LogP contribution in [-0.4, -0.2) is 41.1 Å². The van der Waals surface area contributed by atoms with Crippen LogP contribution >= 0.6 is 34.7 Å². The van der Waals surface area contributed by atoms with Crippen LogP contribution in [0.4, 0.5) is 10.5 Å². The number of anilines is 1. The molecule has 1 saturated heterocycles. The van der Waals surface area contributed by atoms with Gasteiger partial charge in [0.25, 0.3) is 11.1 Å². The third-order valence-electron chi connectivity index (χ3n) is 4.08. The van der Waals surface area contributed by atoms with Crippen LogP contribution in [0, 0.1) is 6.92 Å². The van der Waals surface area contributed by atoms with Gasteiger partial charge < -0.3 is 10.1 Å². The summed E-state index contributed by atoms with van der Waals surface area (Å²) in [4.78, 5) is 51.2. The average molecular weight is 465 g/mol. The zero-order chi connectivity index (χ0) is 21.8. The molecule has 0 unspecified atom stereocenters. The Labute approximate surface area is 186 Å². The third-order valence-corrected chi connectivity index (χ3v) is 6.29. The van der Waals surface area contributed by atoms with Crippen molar-refractivity contribution in [2.75, 3.05) is 18.5 Å². The molecule has 1 N–H and O–H groups in total. The molecule has 30 heavy (non-hydrogen) atoms. The first kappa shape index (κ1) is 22.1. The molecule has 1 aromatic carbocycles. The number of ether oxygens (including phenoxy) is 1. The van der Waals surface area contributed by atoms with E-state index in [4.69, 9.17) is 16.3 Å². The maximum Gasteiger partial charge on any atom is 0.339 e. The van der Waals surface area contributed by atoms with Gasteiger partial charge in [0.15, 0.2) is 0 Å². The van der Waals surface area contributed by atoms with Gasteiger partial charge in [0.1, 0.15) is 6.54 Å². The van der Waals surface area contributed by atoms with Crippen LogP contribution in [0.2, 0.25) is 5.02 Å². The number of halogens is 1.